The van der Waals surface area contributed by atoms with Gasteiger partial charge in [0, 0.05) is 20.4 Å². The van der Waals surface area contributed by atoms with Gasteiger partial charge in [-0.05, 0) is 42.8 Å². The maximum Gasteiger partial charge on any atom is 0.241 e. The van der Waals surface area contributed by atoms with Crippen molar-refractivity contribution in [1.29, 1.82) is 0 Å². The molecule has 2 amide bonds. The van der Waals surface area contributed by atoms with Crippen molar-refractivity contribution in [2.24, 2.45) is 11.3 Å². The Balaban J connectivity index is 1.70. The first-order chi connectivity index (χ1) is 11.3. The highest BCUT2D eigenvalue weighted by Gasteiger charge is 2.76. The summed E-state index contributed by atoms with van der Waals surface area (Å²) in [6.07, 6.45) is 0. The third-order valence-electron chi connectivity index (χ3n) is 5.00. The molecule has 2 aromatic rings. The number of benzene rings is 2. The summed E-state index contributed by atoms with van der Waals surface area (Å²) in [6, 6.07) is 12.5. The summed E-state index contributed by atoms with van der Waals surface area (Å²) in [5, 5.41) is 0.793. The molecule has 1 saturated heterocycles. The van der Waals surface area contributed by atoms with Crippen molar-refractivity contribution in [3.63, 3.8) is 0 Å². The summed E-state index contributed by atoms with van der Waals surface area (Å²) >= 11 is 15.4. The molecular weight excluding hydrogens is 413 g/mol. The fraction of sp³-hybridized carbons (Fsp3) is 0.222. The van der Waals surface area contributed by atoms with E-state index in [0.29, 0.717) is 15.7 Å². The second-order valence-corrected chi connectivity index (χ2v) is 8.18. The standard InChI is InChI=1S/C18H12BrCl2NO2/c1-18-14(9-2-4-10(19)5-3-9)15(18)16(23)22(17(18)24)13-7-11(20)6-12(21)8-13/h2-8,14-15H,1H3/t14-,15+,18+/m0/s1. The predicted octanol–water partition coefficient (Wildman–Crippen LogP) is 5.05. The quantitative estimate of drug-likeness (QED) is 0.632. The van der Waals surface area contributed by atoms with Gasteiger partial charge in [0.1, 0.15) is 0 Å². The zero-order valence-electron chi connectivity index (χ0n) is 12.6. The number of carbonyl (C=O) groups is 2. The number of fused-ring (bicyclic) bond motifs is 1. The Morgan fingerprint density at radius 3 is 2.08 bits per heavy atom. The lowest BCUT2D eigenvalue weighted by molar-refractivity contribution is -0.125. The molecular formula is C18H12BrCl2NO2. The molecule has 0 N–H and O–H groups in total. The largest absolute Gasteiger partial charge is 0.274 e. The minimum atomic E-state index is -0.695. The minimum absolute atomic E-state index is 0.0727. The smallest absolute Gasteiger partial charge is 0.241 e. The number of hydrogen-bond acceptors (Lipinski definition) is 2. The van der Waals surface area contributed by atoms with Crippen molar-refractivity contribution in [3.8, 4) is 0 Å². The molecule has 6 heteroatoms. The van der Waals surface area contributed by atoms with Gasteiger partial charge in [-0.25, -0.2) is 4.90 Å². The van der Waals surface area contributed by atoms with Gasteiger partial charge in [-0.1, -0.05) is 51.3 Å². The molecule has 1 saturated carbocycles. The molecule has 2 aliphatic rings. The summed E-state index contributed by atoms with van der Waals surface area (Å²) in [5.74, 6) is -0.780. The number of imide groups is 1. The number of nitrogens with zero attached hydrogens (tertiary/aromatic N) is 1. The average molecular weight is 425 g/mol. The number of rotatable bonds is 2. The monoisotopic (exact) mass is 423 g/mol. The number of amides is 2. The van der Waals surface area contributed by atoms with Gasteiger partial charge in [-0.3, -0.25) is 9.59 Å². The van der Waals surface area contributed by atoms with Crippen LogP contribution in [-0.4, -0.2) is 11.8 Å². The maximum atomic E-state index is 13.0. The molecule has 2 fully saturated rings. The van der Waals surface area contributed by atoms with Crippen molar-refractivity contribution < 1.29 is 9.59 Å². The normalized spacial score (nSPS) is 28.2. The van der Waals surface area contributed by atoms with E-state index in [2.05, 4.69) is 15.9 Å². The number of carbonyl (C=O) groups excluding carboxylic acids is 2. The van der Waals surface area contributed by atoms with Crippen LogP contribution in [0, 0.1) is 11.3 Å². The van der Waals surface area contributed by atoms with Crippen LogP contribution in [0.4, 0.5) is 5.69 Å². The number of piperidine rings is 1. The van der Waals surface area contributed by atoms with E-state index in [4.69, 9.17) is 23.2 Å². The number of anilines is 1. The van der Waals surface area contributed by atoms with Crippen molar-refractivity contribution >= 4 is 56.6 Å². The molecule has 122 valence electrons. The highest BCUT2D eigenvalue weighted by Crippen LogP contribution is 2.69. The summed E-state index contributed by atoms with van der Waals surface area (Å²) in [5.41, 5.74) is 0.751. The van der Waals surface area contributed by atoms with E-state index in [9.17, 15) is 9.59 Å². The van der Waals surface area contributed by atoms with Gasteiger partial charge in [-0.2, -0.15) is 0 Å². The molecule has 2 aromatic carbocycles. The van der Waals surface area contributed by atoms with E-state index in [1.54, 1.807) is 18.2 Å². The van der Waals surface area contributed by atoms with Crippen LogP contribution in [0.5, 0.6) is 0 Å². The second kappa shape index (κ2) is 5.32. The van der Waals surface area contributed by atoms with Gasteiger partial charge < -0.3 is 0 Å². The number of halogens is 3. The second-order valence-electron chi connectivity index (χ2n) is 6.40. The number of hydrogen-bond donors (Lipinski definition) is 0. The van der Waals surface area contributed by atoms with E-state index in [-0.39, 0.29) is 23.7 Å². The fourth-order valence-electron chi connectivity index (χ4n) is 3.78. The molecule has 3 nitrogen and oxygen atoms in total. The van der Waals surface area contributed by atoms with Crippen LogP contribution < -0.4 is 4.90 Å². The van der Waals surface area contributed by atoms with Crippen molar-refractivity contribution in [1.82, 2.24) is 0 Å². The van der Waals surface area contributed by atoms with E-state index >= 15 is 0 Å². The van der Waals surface area contributed by atoms with Gasteiger partial charge in [0.2, 0.25) is 11.8 Å². The molecule has 3 atom stereocenters. The van der Waals surface area contributed by atoms with Crippen LogP contribution in [0.3, 0.4) is 0 Å². The first kappa shape index (κ1) is 16.1. The molecule has 1 aliphatic carbocycles. The van der Waals surface area contributed by atoms with Crippen molar-refractivity contribution in [2.45, 2.75) is 12.8 Å². The van der Waals surface area contributed by atoms with Gasteiger partial charge in [0.15, 0.2) is 0 Å². The highest BCUT2D eigenvalue weighted by atomic mass is 79.9. The first-order valence-electron chi connectivity index (χ1n) is 7.44. The van der Waals surface area contributed by atoms with Crippen LogP contribution in [-0.2, 0) is 9.59 Å². The van der Waals surface area contributed by atoms with Gasteiger partial charge >= 0.3 is 0 Å². The summed E-state index contributed by atoms with van der Waals surface area (Å²) in [4.78, 5) is 27.0. The molecule has 4 rings (SSSR count). The highest BCUT2D eigenvalue weighted by molar-refractivity contribution is 9.10. The zero-order chi connectivity index (χ0) is 17.2. The molecule has 0 bridgehead atoms. The van der Waals surface area contributed by atoms with E-state index < -0.39 is 5.41 Å². The van der Waals surface area contributed by atoms with E-state index in [0.717, 1.165) is 10.0 Å². The Hall–Kier alpha value is -1.36. The SMILES string of the molecule is C[C@]12C(=O)N(c3cc(Cl)cc(Cl)c3)C(=O)[C@H]1[C@@H]2c1ccc(Br)cc1. The van der Waals surface area contributed by atoms with Gasteiger partial charge in [0.05, 0.1) is 17.0 Å². The van der Waals surface area contributed by atoms with Gasteiger partial charge in [-0.15, -0.1) is 0 Å². The molecule has 0 unspecified atom stereocenters. The fourth-order valence-corrected chi connectivity index (χ4v) is 4.56. The zero-order valence-corrected chi connectivity index (χ0v) is 15.7. The summed E-state index contributed by atoms with van der Waals surface area (Å²) in [7, 11) is 0. The third kappa shape index (κ3) is 2.17. The van der Waals surface area contributed by atoms with Crippen LogP contribution in [0.2, 0.25) is 10.0 Å². The van der Waals surface area contributed by atoms with E-state index in [1.807, 2.05) is 31.2 Å². The summed E-state index contributed by atoms with van der Waals surface area (Å²) < 4.78 is 0.968. The lowest BCUT2D eigenvalue weighted by atomic mass is 10.00. The Morgan fingerprint density at radius 1 is 1.00 bits per heavy atom. The Kier molecular flexibility index (Phi) is 3.57. The van der Waals surface area contributed by atoms with Crippen LogP contribution >= 0.6 is 39.1 Å². The van der Waals surface area contributed by atoms with Crippen molar-refractivity contribution in [2.75, 3.05) is 4.90 Å². The van der Waals surface area contributed by atoms with Crippen LogP contribution in [0.15, 0.2) is 46.9 Å². The topological polar surface area (TPSA) is 37.4 Å². The van der Waals surface area contributed by atoms with Crippen LogP contribution in [0.1, 0.15) is 18.4 Å². The molecule has 0 spiro atoms. The molecule has 1 heterocycles. The van der Waals surface area contributed by atoms with E-state index in [1.165, 1.54) is 4.90 Å². The molecule has 0 aromatic heterocycles. The molecule has 1 aliphatic heterocycles. The Morgan fingerprint density at radius 2 is 1.58 bits per heavy atom. The molecule has 24 heavy (non-hydrogen) atoms. The predicted molar refractivity (Wildman–Crippen MR) is 97.4 cm³/mol. The average Bonchev–Trinajstić information content (AvgIpc) is 3.08. The van der Waals surface area contributed by atoms with Gasteiger partial charge in [0.25, 0.3) is 0 Å². The van der Waals surface area contributed by atoms with Crippen LogP contribution in [0.25, 0.3) is 0 Å². The minimum Gasteiger partial charge on any atom is -0.274 e. The third-order valence-corrected chi connectivity index (χ3v) is 5.97. The lowest BCUT2D eigenvalue weighted by Crippen LogP contribution is -2.36. The Bertz CT molecular complexity index is 863. The van der Waals surface area contributed by atoms with Crippen molar-refractivity contribution in [3.05, 3.63) is 62.5 Å². The maximum absolute atomic E-state index is 13.0. The lowest BCUT2D eigenvalue weighted by Gasteiger charge is -2.21. The summed E-state index contributed by atoms with van der Waals surface area (Å²) in [6.45, 7) is 1.86. The Labute approximate surface area is 157 Å². The first-order valence-corrected chi connectivity index (χ1v) is 8.99. The molecule has 0 radical (unpaired) electrons.